The molecule has 0 aliphatic rings. The fourth-order valence-electron chi connectivity index (χ4n) is 2.72. The van der Waals surface area contributed by atoms with E-state index in [4.69, 9.17) is 20.9 Å². The number of rotatable bonds is 7. The molecule has 0 bridgehead atoms. The van der Waals surface area contributed by atoms with Gasteiger partial charge in [0.05, 0.1) is 6.54 Å². The quantitative estimate of drug-likeness (QED) is 0.584. The number of benzene rings is 2. The lowest BCUT2D eigenvalue weighted by Crippen LogP contribution is -2.39. The third kappa shape index (κ3) is 4.89. The van der Waals surface area contributed by atoms with Crippen LogP contribution in [0.15, 0.2) is 53.1 Å². The van der Waals surface area contributed by atoms with Crippen molar-refractivity contribution in [2.45, 2.75) is 32.9 Å². The lowest BCUT2D eigenvalue weighted by atomic mass is 10.2. The Labute approximate surface area is 169 Å². The first kappa shape index (κ1) is 19.9. The molecule has 1 heterocycles. The lowest BCUT2D eigenvalue weighted by Gasteiger charge is -2.22. The summed E-state index contributed by atoms with van der Waals surface area (Å²) >= 11 is 5.90. The Bertz CT molecular complexity index is 940. The van der Waals surface area contributed by atoms with Crippen molar-refractivity contribution in [2.75, 3.05) is 7.05 Å². The number of halogens is 1. The first-order valence-corrected chi connectivity index (χ1v) is 9.41. The highest BCUT2D eigenvalue weighted by Crippen LogP contribution is 2.20. The molecule has 6 nitrogen and oxygen atoms in total. The number of aryl methyl sites for hydroxylation is 1. The highest BCUT2D eigenvalue weighted by atomic mass is 35.5. The lowest BCUT2D eigenvalue weighted by molar-refractivity contribution is -0.138. The molecule has 0 radical (unpaired) electrons. The van der Waals surface area contributed by atoms with E-state index in [0.717, 1.165) is 11.1 Å². The van der Waals surface area contributed by atoms with Crippen LogP contribution in [0, 0.1) is 6.92 Å². The Balaban J connectivity index is 1.65. The van der Waals surface area contributed by atoms with Crippen molar-refractivity contribution in [1.82, 2.24) is 15.0 Å². The number of hydrogen-bond donors (Lipinski definition) is 0. The topological polar surface area (TPSA) is 68.5 Å². The van der Waals surface area contributed by atoms with Gasteiger partial charge in [-0.25, -0.2) is 0 Å². The largest absolute Gasteiger partial charge is 0.481 e. The average Bonchev–Trinajstić information content (AvgIpc) is 3.14. The fraction of sp³-hybridized carbons (Fsp3) is 0.286. The maximum Gasteiger partial charge on any atom is 0.263 e. The van der Waals surface area contributed by atoms with Gasteiger partial charge in [0.25, 0.3) is 5.91 Å². The van der Waals surface area contributed by atoms with Gasteiger partial charge in [-0.15, -0.1) is 0 Å². The minimum Gasteiger partial charge on any atom is -0.481 e. The van der Waals surface area contributed by atoms with E-state index in [9.17, 15) is 4.79 Å². The second-order valence-electron chi connectivity index (χ2n) is 6.54. The number of ether oxygens (including phenoxy) is 1. The molecule has 0 spiro atoms. The van der Waals surface area contributed by atoms with Gasteiger partial charge < -0.3 is 14.2 Å². The minimum absolute atomic E-state index is 0.143. The van der Waals surface area contributed by atoms with E-state index in [1.54, 1.807) is 19.2 Å². The van der Waals surface area contributed by atoms with Crippen LogP contribution < -0.4 is 4.74 Å². The van der Waals surface area contributed by atoms with Crippen LogP contribution >= 0.6 is 11.6 Å². The highest BCUT2D eigenvalue weighted by Gasteiger charge is 2.24. The van der Waals surface area contributed by atoms with Crippen molar-refractivity contribution in [3.05, 3.63) is 65.0 Å². The van der Waals surface area contributed by atoms with Crippen molar-refractivity contribution < 1.29 is 14.1 Å². The van der Waals surface area contributed by atoms with E-state index in [2.05, 4.69) is 10.1 Å². The minimum atomic E-state index is -0.578. The number of hydrogen-bond acceptors (Lipinski definition) is 5. The molecule has 0 saturated carbocycles. The van der Waals surface area contributed by atoms with Gasteiger partial charge in [-0.1, -0.05) is 35.8 Å². The molecule has 0 fully saturated rings. The molecule has 3 aromatic rings. The molecule has 1 atom stereocenters. The van der Waals surface area contributed by atoms with E-state index in [1.165, 1.54) is 4.90 Å². The Morgan fingerprint density at radius 3 is 2.68 bits per heavy atom. The van der Waals surface area contributed by atoms with Gasteiger partial charge >= 0.3 is 0 Å². The number of aromatic nitrogens is 2. The van der Waals surface area contributed by atoms with Gasteiger partial charge in [-0.3, -0.25) is 4.79 Å². The normalized spacial score (nSPS) is 11.9. The van der Waals surface area contributed by atoms with Gasteiger partial charge in [-0.05, 0) is 55.3 Å². The summed E-state index contributed by atoms with van der Waals surface area (Å²) in [5, 5.41) is 4.61. The third-order valence-corrected chi connectivity index (χ3v) is 4.49. The number of likely N-dealkylation sites (N-methyl/N-ethyl adjacent to an activating group) is 1. The molecule has 7 heteroatoms. The third-order valence-electron chi connectivity index (χ3n) is 4.23. The monoisotopic (exact) mass is 399 g/mol. The summed E-state index contributed by atoms with van der Waals surface area (Å²) < 4.78 is 11.2. The summed E-state index contributed by atoms with van der Waals surface area (Å²) in [6.45, 7) is 4.10. The van der Waals surface area contributed by atoms with Gasteiger partial charge in [0.2, 0.25) is 11.7 Å². The average molecular weight is 400 g/mol. The number of carbonyl (C=O) groups is 1. The second kappa shape index (κ2) is 8.89. The second-order valence-corrected chi connectivity index (χ2v) is 6.98. The molecule has 146 valence electrons. The molecule has 1 aromatic heterocycles. The van der Waals surface area contributed by atoms with E-state index < -0.39 is 6.10 Å². The Hall–Kier alpha value is -2.86. The van der Waals surface area contributed by atoms with Crippen molar-refractivity contribution >= 4 is 17.5 Å². The Morgan fingerprint density at radius 2 is 2.00 bits per heavy atom. The molecule has 0 aliphatic carbocycles. The standard InChI is InChI=1S/C21H22ClN3O3/c1-4-18(27-17-7-5-6-14(2)12-17)21(26)25(3)13-19-23-20(24-28-19)15-8-10-16(22)11-9-15/h5-12,18H,4,13H2,1-3H3. The summed E-state index contributed by atoms with van der Waals surface area (Å²) in [7, 11) is 1.69. The molecule has 0 saturated heterocycles. The maximum atomic E-state index is 12.8. The van der Waals surface area contributed by atoms with Crippen LogP contribution in [0.2, 0.25) is 5.02 Å². The molecular weight excluding hydrogens is 378 g/mol. The zero-order valence-electron chi connectivity index (χ0n) is 16.1. The van der Waals surface area contributed by atoms with Crippen LogP contribution in [-0.4, -0.2) is 34.1 Å². The zero-order valence-corrected chi connectivity index (χ0v) is 16.8. The van der Waals surface area contributed by atoms with Gasteiger partial charge in [0, 0.05) is 17.6 Å². The van der Waals surface area contributed by atoms with Crippen molar-refractivity contribution in [3.63, 3.8) is 0 Å². The van der Waals surface area contributed by atoms with Crippen molar-refractivity contribution in [1.29, 1.82) is 0 Å². The predicted molar refractivity (Wildman–Crippen MR) is 107 cm³/mol. The summed E-state index contributed by atoms with van der Waals surface area (Å²) in [4.78, 5) is 18.7. The first-order chi connectivity index (χ1) is 13.5. The summed E-state index contributed by atoms with van der Waals surface area (Å²) in [5.41, 5.74) is 1.87. The molecule has 2 aromatic carbocycles. The van der Waals surface area contributed by atoms with Gasteiger partial charge in [0.1, 0.15) is 5.75 Å². The predicted octanol–water partition coefficient (Wildman–Crippen LogP) is 4.51. The van der Waals surface area contributed by atoms with Crippen molar-refractivity contribution in [3.8, 4) is 17.1 Å². The van der Waals surface area contributed by atoms with Crippen LogP contribution in [0.4, 0.5) is 0 Å². The van der Waals surface area contributed by atoms with Crippen LogP contribution in [0.25, 0.3) is 11.4 Å². The molecule has 1 unspecified atom stereocenters. The molecule has 0 N–H and O–H groups in total. The number of nitrogens with zero attached hydrogens (tertiary/aromatic N) is 3. The molecule has 28 heavy (non-hydrogen) atoms. The van der Waals surface area contributed by atoms with Crippen LogP contribution in [0.1, 0.15) is 24.8 Å². The first-order valence-electron chi connectivity index (χ1n) is 9.03. The number of amides is 1. The fourth-order valence-corrected chi connectivity index (χ4v) is 2.85. The highest BCUT2D eigenvalue weighted by molar-refractivity contribution is 6.30. The summed E-state index contributed by atoms with van der Waals surface area (Å²) in [6.07, 6.45) is -0.0257. The summed E-state index contributed by atoms with van der Waals surface area (Å²) in [5.74, 6) is 1.34. The maximum absolute atomic E-state index is 12.8. The zero-order chi connectivity index (χ0) is 20.1. The smallest absolute Gasteiger partial charge is 0.263 e. The number of carbonyl (C=O) groups excluding carboxylic acids is 1. The molecule has 3 rings (SSSR count). The van der Waals surface area contributed by atoms with E-state index in [0.29, 0.717) is 28.9 Å². The van der Waals surface area contributed by atoms with Crippen LogP contribution in [0.3, 0.4) is 0 Å². The van der Waals surface area contributed by atoms with E-state index in [-0.39, 0.29) is 12.5 Å². The Kier molecular flexibility index (Phi) is 6.31. The van der Waals surface area contributed by atoms with E-state index in [1.807, 2.05) is 50.2 Å². The Morgan fingerprint density at radius 1 is 1.25 bits per heavy atom. The molecule has 1 amide bonds. The van der Waals surface area contributed by atoms with Gasteiger partial charge in [-0.2, -0.15) is 4.98 Å². The van der Waals surface area contributed by atoms with Gasteiger partial charge in [0.15, 0.2) is 6.10 Å². The SMILES string of the molecule is CCC(Oc1cccc(C)c1)C(=O)N(C)Cc1nc(-c2ccc(Cl)cc2)no1. The molecular formula is C21H22ClN3O3. The molecule has 0 aliphatic heterocycles. The van der Waals surface area contributed by atoms with Crippen LogP contribution in [0.5, 0.6) is 5.75 Å². The summed E-state index contributed by atoms with van der Waals surface area (Å²) in [6, 6.07) is 14.8. The van der Waals surface area contributed by atoms with Crippen molar-refractivity contribution in [2.24, 2.45) is 0 Å². The van der Waals surface area contributed by atoms with Crippen LogP contribution in [-0.2, 0) is 11.3 Å². The van der Waals surface area contributed by atoms with E-state index >= 15 is 0 Å².